The van der Waals surface area contributed by atoms with Crippen LogP contribution in [-0.4, -0.2) is 31.7 Å². The van der Waals surface area contributed by atoms with Crippen LogP contribution in [-0.2, 0) is 19.1 Å². The second-order valence-electron chi connectivity index (χ2n) is 4.45. The van der Waals surface area contributed by atoms with E-state index in [2.05, 4.69) is 0 Å². The minimum Gasteiger partial charge on any atom is -0.462 e. The van der Waals surface area contributed by atoms with Crippen molar-refractivity contribution in [2.45, 2.75) is 40.0 Å². The fourth-order valence-corrected chi connectivity index (χ4v) is 0.934. The van der Waals surface area contributed by atoms with Crippen molar-refractivity contribution in [3.63, 3.8) is 0 Å². The maximum absolute atomic E-state index is 11.5. The summed E-state index contributed by atoms with van der Waals surface area (Å²) in [7, 11) is 0. The standard InChI is InChI=1S/C12H22NO4/c1-4-12(2,3)11(15)17-9-8-16-10(14)6-5-7-13/h13H,4-9H2,1-3H3. The lowest BCUT2D eigenvalue weighted by Gasteiger charge is -2.20. The highest BCUT2D eigenvalue weighted by Crippen LogP contribution is 2.21. The third kappa shape index (κ3) is 6.94. The van der Waals surface area contributed by atoms with E-state index in [0.29, 0.717) is 12.8 Å². The van der Waals surface area contributed by atoms with E-state index in [1.165, 1.54) is 0 Å². The van der Waals surface area contributed by atoms with Gasteiger partial charge < -0.3 is 9.47 Å². The van der Waals surface area contributed by atoms with Gasteiger partial charge >= 0.3 is 11.9 Å². The molecule has 99 valence electrons. The third-order valence-corrected chi connectivity index (χ3v) is 2.57. The molecule has 1 radical (unpaired) electrons. The van der Waals surface area contributed by atoms with Gasteiger partial charge in [0.25, 0.3) is 0 Å². The first kappa shape index (κ1) is 15.9. The highest BCUT2D eigenvalue weighted by molar-refractivity contribution is 5.75. The lowest BCUT2D eigenvalue weighted by atomic mass is 9.91. The van der Waals surface area contributed by atoms with Crippen molar-refractivity contribution in [2.75, 3.05) is 19.8 Å². The molecule has 0 amide bonds. The predicted octanol–water partition coefficient (Wildman–Crippen LogP) is 1.57. The molecule has 0 heterocycles. The summed E-state index contributed by atoms with van der Waals surface area (Å²) in [6, 6.07) is 0. The Hall–Kier alpha value is -1.10. The number of hydrogen-bond acceptors (Lipinski definition) is 4. The van der Waals surface area contributed by atoms with Gasteiger partial charge in [0.05, 0.1) is 5.41 Å². The Morgan fingerprint density at radius 3 is 2.29 bits per heavy atom. The van der Waals surface area contributed by atoms with Crippen LogP contribution in [0.1, 0.15) is 40.0 Å². The smallest absolute Gasteiger partial charge is 0.311 e. The summed E-state index contributed by atoms with van der Waals surface area (Å²) in [6.45, 7) is 5.94. The molecule has 5 heteroatoms. The van der Waals surface area contributed by atoms with Crippen LogP contribution in [0.5, 0.6) is 0 Å². The van der Waals surface area contributed by atoms with E-state index in [9.17, 15) is 9.59 Å². The topological polar surface area (TPSA) is 76.4 Å². The molecule has 0 aliphatic heterocycles. The summed E-state index contributed by atoms with van der Waals surface area (Å²) in [5.74, 6) is -0.620. The lowest BCUT2D eigenvalue weighted by Crippen LogP contribution is -2.27. The van der Waals surface area contributed by atoms with Gasteiger partial charge in [-0.25, -0.2) is 0 Å². The van der Waals surface area contributed by atoms with Crippen molar-refractivity contribution in [3.05, 3.63) is 0 Å². The lowest BCUT2D eigenvalue weighted by molar-refractivity contribution is -0.159. The monoisotopic (exact) mass is 244 g/mol. The van der Waals surface area contributed by atoms with Crippen molar-refractivity contribution in [1.82, 2.24) is 5.73 Å². The van der Waals surface area contributed by atoms with Gasteiger partial charge in [-0.2, -0.15) is 0 Å². The summed E-state index contributed by atoms with van der Waals surface area (Å²) >= 11 is 0. The molecule has 0 aliphatic carbocycles. The first-order valence-electron chi connectivity index (χ1n) is 5.91. The van der Waals surface area contributed by atoms with Gasteiger partial charge in [0.15, 0.2) is 0 Å². The Bertz CT molecular complexity index is 251. The van der Waals surface area contributed by atoms with Gasteiger partial charge in [-0.05, 0) is 26.7 Å². The molecule has 1 N–H and O–H groups in total. The van der Waals surface area contributed by atoms with Crippen molar-refractivity contribution in [2.24, 2.45) is 5.41 Å². The molecule has 0 bridgehead atoms. The first-order valence-corrected chi connectivity index (χ1v) is 5.91. The maximum Gasteiger partial charge on any atom is 0.311 e. The van der Waals surface area contributed by atoms with Crippen LogP contribution in [0.3, 0.4) is 0 Å². The first-order chi connectivity index (χ1) is 7.94. The van der Waals surface area contributed by atoms with Gasteiger partial charge in [0, 0.05) is 13.0 Å². The van der Waals surface area contributed by atoms with E-state index in [-0.39, 0.29) is 38.1 Å². The van der Waals surface area contributed by atoms with E-state index < -0.39 is 5.41 Å². The summed E-state index contributed by atoms with van der Waals surface area (Å²) in [4.78, 5) is 22.6. The quantitative estimate of drug-likeness (QED) is 0.479. The minimum absolute atomic E-state index is 0.0857. The molecule has 0 aromatic carbocycles. The summed E-state index contributed by atoms with van der Waals surface area (Å²) in [5, 5.41) is 0. The number of carbonyl (C=O) groups excluding carboxylic acids is 2. The Labute approximate surface area is 103 Å². The highest BCUT2D eigenvalue weighted by Gasteiger charge is 2.26. The van der Waals surface area contributed by atoms with Gasteiger partial charge in [-0.1, -0.05) is 6.92 Å². The number of carbonyl (C=O) groups is 2. The summed E-state index contributed by atoms with van der Waals surface area (Å²) in [5.41, 5.74) is 6.39. The van der Waals surface area contributed by atoms with Gasteiger partial charge in [0.2, 0.25) is 0 Å². The van der Waals surface area contributed by atoms with Crippen LogP contribution >= 0.6 is 0 Å². The third-order valence-electron chi connectivity index (χ3n) is 2.57. The number of hydrogen-bond donors (Lipinski definition) is 0. The normalized spacial score (nSPS) is 11.1. The molecule has 0 rings (SSSR count). The van der Waals surface area contributed by atoms with Crippen molar-refractivity contribution >= 4 is 11.9 Å². The fraction of sp³-hybridized carbons (Fsp3) is 0.833. The molecular weight excluding hydrogens is 222 g/mol. The molecule has 0 unspecified atom stereocenters. The van der Waals surface area contributed by atoms with E-state index >= 15 is 0 Å². The Balaban J connectivity index is 3.65. The maximum atomic E-state index is 11.5. The highest BCUT2D eigenvalue weighted by atomic mass is 16.6. The fourth-order valence-electron chi connectivity index (χ4n) is 0.934. The largest absolute Gasteiger partial charge is 0.462 e. The van der Waals surface area contributed by atoms with Crippen LogP contribution in [0, 0.1) is 5.41 Å². The molecule has 5 nitrogen and oxygen atoms in total. The molecule has 0 aliphatic rings. The number of nitrogens with one attached hydrogen (secondary N) is 1. The molecule has 0 saturated heterocycles. The van der Waals surface area contributed by atoms with E-state index in [0.717, 1.165) is 0 Å². The Morgan fingerprint density at radius 2 is 1.76 bits per heavy atom. The second-order valence-corrected chi connectivity index (χ2v) is 4.45. The van der Waals surface area contributed by atoms with E-state index in [1.54, 1.807) is 0 Å². The molecule has 0 saturated carbocycles. The van der Waals surface area contributed by atoms with Gasteiger partial charge in [-0.3, -0.25) is 15.3 Å². The van der Waals surface area contributed by atoms with Crippen LogP contribution in [0.25, 0.3) is 0 Å². The number of esters is 2. The zero-order chi connectivity index (χ0) is 13.3. The number of rotatable bonds is 8. The van der Waals surface area contributed by atoms with Crippen LogP contribution in [0.15, 0.2) is 0 Å². The van der Waals surface area contributed by atoms with Crippen LogP contribution in [0.2, 0.25) is 0 Å². The molecule has 0 atom stereocenters. The molecule has 0 aromatic rings. The molecule has 0 fully saturated rings. The van der Waals surface area contributed by atoms with E-state index in [4.69, 9.17) is 15.2 Å². The summed E-state index contributed by atoms with van der Waals surface area (Å²) in [6.07, 6.45) is 1.45. The van der Waals surface area contributed by atoms with Crippen LogP contribution < -0.4 is 5.73 Å². The zero-order valence-corrected chi connectivity index (χ0v) is 10.9. The predicted molar refractivity (Wildman–Crippen MR) is 63.2 cm³/mol. The Kier molecular flexibility index (Phi) is 7.54. The zero-order valence-electron chi connectivity index (χ0n) is 10.9. The second kappa shape index (κ2) is 8.06. The van der Waals surface area contributed by atoms with Crippen LogP contribution in [0.4, 0.5) is 0 Å². The minimum atomic E-state index is -0.491. The SMILES string of the molecule is CCC(C)(C)C(=O)OCCOC(=O)CCC[NH]. The molecular formula is C12H22NO4. The number of ether oxygens (including phenoxy) is 2. The summed E-state index contributed by atoms with van der Waals surface area (Å²) < 4.78 is 9.84. The molecule has 17 heavy (non-hydrogen) atoms. The van der Waals surface area contributed by atoms with Crippen molar-refractivity contribution in [3.8, 4) is 0 Å². The van der Waals surface area contributed by atoms with E-state index in [1.807, 2.05) is 20.8 Å². The average molecular weight is 244 g/mol. The average Bonchev–Trinajstić information content (AvgIpc) is 2.31. The van der Waals surface area contributed by atoms with Crippen molar-refractivity contribution in [1.29, 1.82) is 0 Å². The molecule has 0 aromatic heterocycles. The van der Waals surface area contributed by atoms with Crippen molar-refractivity contribution < 1.29 is 19.1 Å². The van der Waals surface area contributed by atoms with Gasteiger partial charge in [0.1, 0.15) is 13.2 Å². The van der Waals surface area contributed by atoms with Gasteiger partial charge in [-0.15, -0.1) is 0 Å². The molecule has 0 spiro atoms. The Morgan fingerprint density at radius 1 is 1.18 bits per heavy atom.